The van der Waals surface area contributed by atoms with Crippen LogP contribution in [-0.4, -0.2) is 30.3 Å². The second-order valence-corrected chi connectivity index (χ2v) is 9.22. The Hall–Kier alpha value is -1.95. The average molecular weight is 424 g/mol. The van der Waals surface area contributed by atoms with Gasteiger partial charge in [-0.1, -0.05) is 18.0 Å². The molecule has 0 aromatic heterocycles. The molecule has 2 aliphatic rings. The molecule has 0 saturated heterocycles. The number of carbonyl (C=O) groups excluding carboxylic acids is 2. The topological polar surface area (TPSA) is 73.9 Å². The van der Waals surface area contributed by atoms with Gasteiger partial charge in [0.15, 0.2) is 6.73 Å². The van der Waals surface area contributed by atoms with E-state index in [1.165, 1.54) is 0 Å². The number of hydrogen-bond donors (Lipinski definition) is 1. The van der Waals surface area contributed by atoms with E-state index in [1.807, 2.05) is 20.8 Å². The fraction of sp³-hybridized carbons (Fsp3) is 0.636. The Balaban J connectivity index is 1.53. The van der Waals surface area contributed by atoms with Crippen molar-refractivity contribution in [2.45, 2.75) is 77.4 Å². The molecule has 1 aliphatic carbocycles. The van der Waals surface area contributed by atoms with Gasteiger partial charge < -0.3 is 19.5 Å². The highest BCUT2D eigenvalue weighted by molar-refractivity contribution is 6.32. The molecule has 1 heterocycles. The van der Waals surface area contributed by atoms with Crippen LogP contribution in [0.1, 0.15) is 76.1 Å². The van der Waals surface area contributed by atoms with Crippen LogP contribution in [0.3, 0.4) is 0 Å². The Morgan fingerprint density at radius 2 is 2.03 bits per heavy atom. The van der Waals surface area contributed by atoms with E-state index in [0.29, 0.717) is 34.4 Å². The van der Waals surface area contributed by atoms with Gasteiger partial charge in [-0.05, 0) is 64.9 Å². The highest BCUT2D eigenvalue weighted by Gasteiger charge is 2.25. The molecular weight excluding hydrogens is 394 g/mol. The predicted molar refractivity (Wildman–Crippen MR) is 110 cm³/mol. The fourth-order valence-corrected chi connectivity index (χ4v) is 4.05. The van der Waals surface area contributed by atoms with Gasteiger partial charge in [0, 0.05) is 12.5 Å². The molecule has 1 amide bonds. The minimum absolute atomic E-state index is 0.0643. The first-order valence-electron chi connectivity index (χ1n) is 10.3. The first-order valence-corrected chi connectivity index (χ1v) is 10.7. The molecule has 6 nitrogen and oxygen atoms in total. The van der Waals surface area contributed by atoms with Crippen molar-refractivity contribution in [3.8, 4) is 11.5 Å². The van der Waals surface area contributed by atoms with Crippen molar-refractivity contribution in [1.29, 1.82) is 0 Å². The number of amides is 1. The average Bonchev–Trinajstić information content (AvgIpc) is 2.85. The summed E-state index contributed by atoms with van der Waals surface area (Å²) in [6, 6.07) is 3.31. The minimum Gasteiger partial charge on any atom is -0.489 e. The van der Waals surface area contributed by atoms with E-state index < -0.39 is 5.60 Å². The maximum atomic E-state index is 12.0. The second kappa shape index (κ2) is 9.24. The van der Waals surface area contributed by atoms with Crippen molar-refractivity contribution in [3.63, 3.8) is 0 Å². The lowest BCUT2D eigenvalue weighted by atomic mass is 9.95. The number of carbonyl (C=O) groups is 2. The lowest BCUT2D eigenvalue weighted by Gasteiger charge is -2.22. The predicted octanol–water partition coefficient (Wildman–Crippen LogP) is 4.87. The molecule has 1 saturated carbocycles. The SMILES string of the molecule is CC(C)(C)OC(=O)CCC1CCCC(Oc2cc3c(cc2Cl)C(=O)NCO3)CC1. The number of hydrogen-bond acceptors (Lipinski definition) is 5. The summed E-state index contributed by atoms with van der Waals surface area (Å²) in [6.45, 7) is 5.82. The number of fused-ring (bicyclic) bond motifs is 1. The largest absolute Gasteiger partial charge is 0.489 e. The van der Waals surface area contributed by atoms with Gasteiger partial charge in [0.05, 0.1) is 16.7 Å². The Labute approximate surface area is 177 Å². The van der Waals surface area contributed by atoms with Crippen molar-refractivity contribution in [1.82, 2.24) is 5.32 Å². The van der Waals surface area contributed by atoms with Crippen LogP contribution in [0.15, 0.2) is 12.1 Å². The number of esters is 1. The third-order valence-corrected chi connectivity index (χ3v) is 5.54. The summed E-state index contributed by atoms with van der Waals surface area (Å²) in [4.78, 5) is 23.9. The van der Waals surface area contributed by atoms with E-state index in [9.17, 15) is 9.59 Å². The second-order valence-electron chi connectivity index (χ2n) is 8.81. The highest BCUT2D eigenvalue weighted by Crippen LogP contribution is 2.36. The summed E-state index contributed by atoms with van der Waals surface area (Å²) in [5.41, 5.74) is -0.00506. The lowest BCUT2D eigenvalue weighted by Crippen LogP contribution is -2.33. The van der Waals surface area contributed by atoms with E-state index in [1.54, 1.807) is 12.1 Å². The van der Waals surface area contributed by atoms with Crippen LogP contribution in [0.25, 0.3) is 0 Å². The molecule has 1 aromatic rings. The highest BCUT2D eigenvalue weighted by atomic mass is 35.5. The Morgan fingerprint density at radius 1 is 1.24 bits per heavy atom. The molecule has 29 heavy (non-hydrogen) atoms. The van der Waals surface area contributed by atoms with Crippen LogP contribution < -0.4 is 14.8 Å². The van der Waals surface area contributed by atoms with Gasteiger partial charge in [-0.25, -0.2) is 0 Å². The van der Waals surface area contributed by atoms with E-state index in [-0.39, 0.29) is 24.7 Å². The van der Waals surface area contributed by atoms with Crippen LogP contribution in [0, 0.1) is 5.92 Å². The van der Waals surface area contributed by atoms with Gasteiger partial charge >= 0.3 is 5.97 Å². The van der Waals surface area contributed by atoms with Gasteiger partial charge in [0.1, 0.15) is 17.1 Å². The van der Waals surface area contributed by atoms with Crippen LogP contribution in [0.5, 0.6) is 11.5 Å². The molecule has 1 N–H and O–H groups in total. The quantitative estimate of drug-likeness (QED) is 0.540. The molecule has 1 aliphatic heterocycles. The third-order valence-electron chi connectivity index (χ3n) is 5.24. The van der Waals surface area contributed by atoms with Crippen molar-refractivity contribution in [2.75, 3.05) is 6.73 Å². The molecule has 3 rings (SSSR count). The van der Waals surface area contributed by atoms with Gasteiger partial charge in [-0.3, -0.25) is 9.59 Å². The molecule has 2 atom stereocenters. The van der Waals surface area contributed by atoms with E-state index in [4.69, 9.17) is 25.8 Å². The van der Waals surface area contributed by atoms with Crippen molar-refractivity contribution >= 4 is 23.5 Å². The number of ether oxygens (including phenoxy) is 3. The van der Waals surface area contributed by atoms with Crippen molar-refractivity contribution in [2.24, 2.45) is 5.92 Å². The zero-order chi connectivity index (χ0) is 21.0. The summed E-state index contributed by atoms with van der Waals surface area (Å²) in [6.07, 6.45) is 6.37. The van der Waals surface area contributed by atoms with Crippen LogP contribution in [-0.2, 0) is 9.53 Å². The van der Waals surface area contributed by atoms with Crippen LogP contribution in [0.2, 0.25) is 5.02 Å². The zero-order valence-corrected chi connectivity index (χ0v) is 18.1. The summed E-state index contributed by atoms with van der Waals surface area (Å²) < 4.78 is 17.1. The van der Waals surface area contributed by atoms with Gasteiger partial charge in [0.2, 0.25) is 0 Å². The van der Waals surface area contributed by atoms with E-state index in [0.717, 1.165) is 38.5 Å². The number of halogens is 1. The molecule has 0 radical (unpaired) electrons. The Kier molecular flexibility index (Phi) is 6.93. The maximum absolute atomic E-state index is 12.0. The summed E-state index contributed by atoms with van der Waals surface area (Å²) >= 11 is 6.34. The number of nitrogens with one attached hydrogen (secondary N) is 1. The summed E-state index contributed by atoms with van der Waals surface area (Å²) in [7, 11) is 0. The summed E-state index contributed by atoms with van der Waals surface area (Å²) in [5, 5.41) is 3.03. The molecule has 2 unspecified atom stereocenters. The molecule has 1 aromatic carbocycles. The first-order chi connectivity index (χ1) is 13.7. The van der Waals surface area contributed by atoms with E-state index in [2.05, 4.69) is 5.32 Å². The lowest BCUT2D eigenvalue weighted by molar-refractivity contribution is -0.155. The van der Waals surface area contributed by atoms with Crippen LogP contribution in [0.4, 0.5) is 0 Å². The Morgan fingerprint density at radius 3 is 2.79 bits per heavy atom. The molecule has 160 valence electrons. The maximum Gasteiger partial charge on any atom is 0.306 e. The third kappa shape index (κ3) is 6.26. The Bertz CT molecular complexity index is 758. The van der Waals surface area contributed by atoms with Gasteiger partial charge in [-0.15, -0.1) is 0 Å². The van der Waals surface area contributed by atoms with Crippen molar-refractivity contribution < 1.29 is 23.8 Å². The summed E-state index contributed by atoms with van der Waals surface area (Å²) in [5.74, 6) is 1.23. The normalized spacial score (nSPS) is 22.0. The van der Waals surface area contributed by atoms with Gasteiger partial charge in [-0.2, -0.15) is 0 Å². The monoisotopic (exact) mass is 423 g/mol. The molecule has 0 spiro atoms. The number of rotatable bonds is 5. The van der Waals surface area contributed by atoms with Gasteiger partial charge in [0.25, 0.3) is 5.91 Å². The molecule has 0 bridgehead atoms. The molecular formula is C22H30ClNO5. The standard InChI is InChI=1S/C22H30ClNO5/c1-22(2,3)29-20(25)10-8-14-5-4-6-15(9-7-14)28-19-12-18-16(11-17(19)23)21(26)24-13-27-18/h11-12,14-15H,4-10,13H2,1-3H3,(H,24,26). The number of benzene rings is 1. The van der Waals surface area contributed by atoms with Crippen molar-refractivity contribution in [3.05, 3.63) is 22.7 Å². The fourth-order valence-electron chi connectivity index (χ4n) is 3.84. The van der Waals surface area contributed by atoms with E-state index >= 15 is 0 Å². The molecule has 7 heteroatoms. The first kappa shape index (κ1) is 21.8. The zero-order valence-electron chi connectivity index (χ0n) is 17.4. The smallest absolute Gasteiger partial charge is 0.306 e. The molecule has 1 fully saturated rings. The minimum atomic E-state index is -0.433. The van der Waals surface area contributed by atoms with Crippen LogP contribution >= 0.6 is 11.6 Å².